The van der Waals surface area contributed by atoms with E-state index in [1.807, 2.05) is 0 Å². The van der Waals surface area contributed by atoms with Crippen LogP contribution < -0.4 is 5.32 Å². The molecule has 3 aliphatic heterocycles. The smallest absolute Gasteiger partial charge is 0.226 e. The Balaban J connectivity index is 1.64. The molecule has 3 heterocycles. The zero-order chi connectivity index (χ0) is 17.0. The number of carbonyl (C=O) groups is 1. The van der Waals surface area contributed by atoms with Gasteiger partial charge in [-0.2, -0.15) is 0 Å². The van der Waals surface area contributed by atoms with Crippen LogP contribution in [0.3, 0.4) is 0 Å². The monoisotopic (exact) mass is 339 g/mol. The van der Waals surface area contributed by atoms with E-state index in [0.29, 0.717) is 13.2 Å². The van der Waals surface area contributed by atoms with Crippen molar-refractivity contribution in [2.45, 2.75) is 38.1 Å². The highest BCUT2D eigenvalue weighted by molar-refractivity contribution is 5.82. The maximum atomic E-state index is 12.8. The van der Waals surface area contributed by atoms with Crippen molar-refractivity contribution in [1.29, 1.82) is 0 Å². The minimum absolute atomic E-state index is 0.0908. The largest absolute Gasteiger partial charge is 0.381 e. The number of ether oxygens (including phenoxy) is 2. The van der Waals surface area contributed by atoms with Crippen LogP contribution in [0.2, 0.25) is 0 Å². The standard InChI is InChI=1S/C18H33N3O3/c1-17(5-11-23-12-6-17)16(22)19-15-18(3-7-20(2)8-4-18)21-9-13-24-14-10-21/h3-15H2,1-2H3,(H,19,22). The first-order valence-corrected chi connectivity index (χ1v) is 9.42. The molecule has 3 fully saturated rings. The Bertz CT molecular complexity index is 423. The number of nitrogens with one attached hydrogen (secondary N) is 1. The Morgan fingerprint density at radius 2 is 1.54 bits per heavy atom. The summed E-state index contributed by atoms with van der Waals surface area (Å²) in [5, 5.41) is 3.32. The molecule has 3 saturated heterocycles. The van der Waals surface area contributed by atoms with Gasteiger partial charge in [-0.25, -0.2) is 0 Å². The van der Waals surface area contributed by atoms with Crippen molar-refractivity contribution in [3.8, 4) is 0 Å². The molecule has 138 valence electrons. The highest BCUT2D eigenvalue weighted by atomic mass is 16.5. The van der Waals surface area contributed by atoms with Crippen LogP contribution in [0.15, 0.2) is 0 Å². The van der Waals surface area contributed by atoms with Gasteiger partial charge in [0, 0.05) is 38.4 Å². The lowest BCUT2D eigenvalue weighted by atomic mass is 9.80. The van der Waals surface area contributed by atoms with Crippen LogP contribution in [0.5, 0.6) is 0 Å². The molecule has 0 radical (unpaired) electrons. The van der Waals surface area contributed by atoms with E-state index in [4.69, 9.17) is 9.47 Å². The van der Waals surface area contributed by atoms with Gasteiger partial charge in [-0.1, -0.05) is 6.92 Å². The molecule has 0 aromatic rings. The maximum absolute atomic E-state index is 12.8. The van der Waals surface area contributed by atoms with Gasteiger partial charge in [0.05, 0.1) is 18.6 Å². The van der Waals surface area contributed by atoms with E-state index in [2.05, 4.69) is 29.1 Å². The van der Waals surface area contributed by atoms with Gasteiger partial charge in [-0.15, -0.1) is 0 Å². The van der Waals surface area contributed by atoms with Crippen LogP contribution in [0.25, 0.3) is 0 Å². The number of likely N-dealkylation sites (tertiary alicyclic amines) is 1. The Morgan fingerprint density at radius 1 is 0.958 bits per heavy atom. The third kappa shape index (κ3) is 3.93. The fourth-order valence-corrected chi connectivity index (χ4v) is 4.18. The molecule has 1 amide bonds. The fraction of sp³-hybridized carbons (Fsp3) is 0.944. The molecular weight excluding hydrogens is 306 g/mol. The first-order valence-electron chi connectivity index (χ1n) is 9.42. The lowest BCUT2D eigenvalue weighted by molar-refractivity contribution is -0.136. The summed E-state index contributed by atoms with van der Waals surface area (Å²) in [6.45, 7) is 10.00. The first kappa shape index (κ1) is 18.1. The number of nitrogens with zero attached hydrogens (tertiary/aromatic N) is 2. The normalized spacial score (nSPS) is 28.4. The highest BCUT2D eigenvalue weighted by Gasteiger charge is 2.42. The summed E-state index contributed by atoms with van der Waals surface area (Å²) in [6.07, 6.45) is 3.88. The zero-order valence-electron chi connectivity index (χ0n) is 15.3. The average molecular weight is 339 g/mol. The molecule has 0 bridgehead atoms. The van der Waals surface area contributed by atoms with Crippen molar-refractivity contribution in [3.05, 3.63) is 0 Å². The number of carbonyl (C=O) groups excluding carboxylic acids is 1. The number of hydrogen-bond donors (Lipinski definition) is 1. The summed E-state index contributed by atoms with van der Waals surface area (Å²) < 4.78 is 11.0. The third-order valence-electron chi connectivity index (χ3n) is 6.32. The van der Waals surface area contributed by atoms with Crippen LogP contribution in [0.4, 0.5) is 0 Å². The highest BCUT2D eigenvalue weighted by Crippen LogP contribution is 2.32. The van der Waals surface area contributed by atoms with Crippen LogP contribution in [-0.2, 0) is 14.3 Å². The number of amides is 1. The van der Waals surface area contributed by atoms with Crippen molar-refractivity contribution in [3.63, 3.8) is 0 Å². The average Bonchev–Trinajstić information content (AvgIpc) is 2.63. The summed E-state index contributed by atoms with van der Waals surface area (Å²) in [7, 11) is 2.19. The Labute approximate surface area is 145 Å². The first-order chi connectivity index (χ1) is 11.5. The summed E-state index contributed by atoms with van der Waals surface area (Å²) >= 11 is 0. The molecule has 1 N–H and O–H groups in total. The lowest BCUT2D eigenvalue weighted by Crippen LogP contribution is -2.63. The fourth-order valence-electron chi connectivity index (χ4n) is 4.18. The van der Waals surface area contributed by atoms with Gasteiger partial charge in [0.15, 0.2) is 0 Å². The van der Waals surface area contributed by atoms with Crippen LogP contribution in [0.1, 0.15) is 32.6 Å². The van der Waals surface area contributed by atoms with Gasteiger partial charge in [-0.3, -0.25) is 9.69 Å². The summed E-state index contributed by atoms with van der Waals surface area (Å²) in [5.41, 5.74) is -0.177. The molecule has 0 spiro atoms. The van der Waals surface area contributed by atoms with Crippen molar-refractivity contribution in [2.24, 2.45) is 5.41 Å². The summed E-state index contributed by atoms with van der Waals surface area (Å²) in [5.74, 6) is 0.206. The van der Waals surface area contributed by atoms with Crippen LogP contribution in [-0.4, -0.2) is 87.4 Å². The molecule has 0 unspecified atom stereocenters. The van der Waals surface area contributed by atoms with E-state index >= 15 is 0 Å². The lowest BCUT2D eigenvalue weighted by Gasteiger charge is -2.50. The molecule has 24 heavy (non-hydrogen) atoms. The van der Waals surface area contributed by atoms with Gasteiger partial charge in [0.1, 0.15) is 0 Å². The number of morpholine rings is 1. The zero-order valence-corrected chi connectivity index (χ0v) is 15.3. The molecule has 6 heteroatoms. The van der Waals surface area contributed by atoms with Gasteiger partial charge in [0.25, 0.3) is 0 Å². The quantitative estimate of drug-likeness (QED) is 0.818. The van der Waals surface area contributed by atoms with Crippen molar-refractivity contribution >= 4 is 5.91 Å². The van der Waals surface area contributed by atoms with Crippen molar-refractivity contribution in [2.75, 3.05) is 66.2 Å². The summed E-state index contributed by atoms with van der Waals surface area (Å²) in [6, 6.07) is 0. The van der Waals surface area contributed by atoms with E-state index in [1.165, 1.54) is 0 Å². The molecular formula is C18H33N3O3. The van der Waals surface area contributed by atoms with Crippen molar-refractivity contribution < 1.29 is 14.3 Å². The third-order valence-corrected chi connectivity index (χ3v) is 6.32. The second-order valence-corrected chi connectivity index (χ2v) is 7.98. The minimum Gasteiger partial charge on any atom is -0.381 e. The van der Waals surface area contributed by atoms with Gasteiger partial charge in [-0.05, 0) is 45.8 Å². The van der Waals surface area contributed by atoms with E-state index in [-0.39, 0.29) is 16.9 Å². The second-order valence-electron chi connectivity index (χ2n) is 7.98. The van der Waals surface area contributed by atoms with Crippen LogP contribution >= 0.6 is 0 Å². The van der Waals surface area contributed by atoms with Crippen molar-refractivity contribution in [1.82, 2.24) is 15.1 Å². The van der Waals surface area contributed by atoms with E-state index in [0.717, 1.165) is 71.6 Å². The molecule has 0 aromatic heterocycles. The molecule has 0 aromatic carbocycles. The molecule has 0 aliphatic carbocycles. The van der Waals surface area contributed by atoms with E-state index in [1.54, 1.807) is 0 Å². The molecule has 0 atom stereocenters. The second kappa shape index (κ2) is 7.68. The van der Waals surface area contributed by atoms with Gasteiger partial charge in [0.2, 0.25) is 5.91 Å². The maximum Gasteiger partial charge on any atom is 0.226 e. The van der Waals surface area contributed by atoms with Gasteiger partial charge < -0.3 is 19.7 Å². The topological polar surface area (TPSA) is 54.0 Å². The predicted octanol–water partition coefficient (Wildman–Crippen LogP) is 0.716. The minimum atomic E-state index is -0.268. The van der Waals surface area contributed by atoms with Crippen LogP contribution in [0, 0.1) is 5.41 Å². The Kier molecular flexibility index (Phi) is 5.80. The van der Waals surface area contributed by atoms with E-state index < -0.39 is 0 Å². The molecule has 3 aliphatic rings. The van der Waals surface area contributed by atoms with E-state index in [9.17, 15) is 4.79 Å². The number of rotatable bonds is 4. The van der Waals surface area contributed by atoms with Gasteiger partial charge >= 0.3 is 0 Å². The number of piperidine rings is 1. The SMILES string of the molecule is CN1CCC(CNC(=O)C2(C)CCOCC2)(N2CCOCC2)CC1. The molecule has 6 nitrogen and oxygen atoms in total. The summed E-state index contributed by atoms with van der Waals surface area (Å²) in [4.78, 5) is 17.8. The molecule has 3 rings (SSSR count). The Hall–Kier alpha value is -0.690. The predicted molar refractivity (Wildman–Crippen MR) is 93.0 cm³/mol. The number of hydrogen-bond acceptors (Lipinski definition) is 5. The molecule has 0 saturated carbocycles. The Morgan fingerprint density at radius 3 is 2.17 bits per heavy atom.